The van der Waals surface area contributed by atoms with Crippen molar-refractivity contribution >= 4 is 108 Å². The van der Waals surface area contributed by atoms with E-state index in [0.29, 0.717) is 47.0 Å². The summed E-state index contributed by atoms with van der Waals surface area (Å²) in [6.07, 6.45) is 13.5. The summed E-state index contributed by atoms with van der Waals surface area (Å²) in [5, 5.41) is 22.8. The number of ether oxygens (including phenoxy) is 2. The maximum absolute atomic E-state index is 11.4. The van der Waals surface area contributed by atoms with Crippen molar-refractivity contribution in [2.24, 2.45) is 35.5 Å². The van der Waals surface area contributed by atoms with Crippen LogP contribution in [0.15, 0.2) is 23.7 Å². The molecular formula is C40H86Ca2N2O4Si4. The molecule has 2 saturated heterocycles. The van der Waals surface area contributed by atoms with E-state index in [4.69, 9.17) is 18.8 Å². The molecule has 0 spiro atoms. The molecule has 2 aliphatic carbocycles. The zero-order valence-corrected chi connectivity index (χ0v) is 46.5. The summed E-state index contributed by atoms with van der Waals surface area (Å²) >= 11 is 0. The van der Waals surface area contributed by atoms with E-state index >= 15 is 0 Å². The van der Waals surface area contributed by atoms with Crippen molar-refractivity contribution in [1.29, 1.82) is 0 Å². The summed E-state index contributed by atoms with van der Waals surface area (Å²) in [7, 11) is -4.42. The zero-order chi connectivity index (χ0) is 39.3. The van der Waals surface area contributed by atoms with E-state index in [2.05, 4.69) is 120 Å². The molecular weight excluding hydrogens is 765 g/mol. The van der Waals surface area contributed by atoms with E-state index in [0.717, 1.165) is 39.3 Å². The van der Waals surface area contributed by atoms with Crippen LogP contribution in [0, 0.1) is 35.5 Å². The van der Waals surface area contributed by atoms with Gasteiger partial charge in [0.1, 0.15) is 0 Å². The maximum atomic E-state index is 11.4. The molecule has 0 aromatic carbocycles. The Bertz CT molecular complexity index is 807. The molecule has 6 nitrogen and oxygen atoms in total. The monoisotopic (exact) mass is 850 g/mol. The van der Waals surface area contributed by atoms with Gasteiger partial charge in [-0.15, -0.1) is 11.5 Å². The van der Waals surface area contributed by atoms with E-state index < -0.39 is 32.9 Å². The molecule has 0 saturated carbocycles. The maximum Gasteiger partial charge on any atom is 2.00 e. The number of hydrogen-bond acceptors (Lipinski definition) is 4. The van der Waals surface area contributed by atoms with Gasteiger partial charge in [0.25, 0.3) is 0 Å². The first-order chi connectivity index (χ1) is 22.6. The first-order valence-corrected chi connectivity index (χ1v) is 33.8. The van der Waals surface area contributed by atoms with Gasteiger partial charge < -0.3 is 29.0 Å². The third kappa shape index (κ3) is 40.5. The van der Waals surface area contributed by atoms with Crippen LogP contribution in [0.1, 0.15) is 92.9 Å². The fourth-order valence-electron chi connectivity index (χ4n) is 6.50. The Balaban J connectivity index is -0.000000269. The van der Waals surface area contributed by atoms with Crippen LogP contribution < -0.4 is 10.2 Å². The predicted molar refractivity (Wildman–Crippen MR) is 241 cm³/mol. The van der Waals surface area contributed by atoms with Crippen molar-refractivity contribution in [2.45, 2.75) is 171 Å². The van der Waals surface area contributed by atoms with Crippen molar-refractivity contribution in [3.8, 4) is 0 Å². The molecule has 0 radical (unpaired) electrons. The van der Waals surface area contributed by atoms with Crippen LogP contribution >= 0.6 is 0 Å². The molecule has 4 atom stereocenters. The van der Waals surface area contributed by atoms with Crippen molar-refractivity contribution < 1.29 is 19.7 Å². The standard InChI is InChI=1S/2C10H18O.2C6H18NSi2.2C4H8O.2Ca/c2*1-7(2)9-5-4-8(3)6-10(9)11;2*1-8(2,3)7-9(4,5)6;2*1-2-4-5-3-1;;/h2*6-9,11H,4-5H2,1-3H3;2*1-6H3;2*1-4H2;;/q;;2*-1;;;2*+2/p-2/t2*8-,9+;;;;;;/m11....../s1. The van der Waals surface area contributed by atoms with Crippen molar-refractivity contribution in [2.75, 3.05) is 26.4 Å². The van der Waals surface area contributed by atoms with Crippen molar-refractivity contribution in [3.63, 3.8) is 0 Å². The molecule has 2 aliphatic heterocycles. The van der Waals surface area contributed by atoms with E-state index in [9.17, 15) is 10.2 Å². The Morgan fingerprint density at radius 3 is 0.846 bits per heavy atom. The molecule has 0 bridgehead atoms. The minimum Gasteiger partial charge on any atom is -0.875 e. The average molecular weight is 852 g/mol. The molecule has 0 aromatic rings. The molecule has 0 aromatic heterocycles. The number of rotatable bonds is 6. The third-order valence-electron chi connectivity index (χ3n) is 8.10. The van der Waals surface area contributed by atoms with Gasteiger partial charge in [-0.2, -0.15) is 0 Å². The third-order valence-corrected chi connectivity index (χ3v) is 18.8. The van der Waals surface area contributed by atoms with Gasteiger partial charge in [0.15, 0.2) is 0 Å². The van der Waals surface area contributed by atoms with E-state index in [1.165, 1.54) is 38.5 Å². The van der Waals surface area contributed by atoms with Crippen LogP contribution in [-0.2, 0) is 9.47 Å². The van der Waals surface area contributed by atoms with Crippen molar-refractivity contribution in [1.82, 2.24) is 0 Å². The van der Waals surface area contributed by atoms with Gasteiger partial charge in [0, 0.05) is 26.4 Å². The number of allylic oxidation sites excluding steroid dienone is 4. The molecule has 4 aliphatic rings. The SMILES string of the molecule is C1CCOC1.C1CCOC1.CC(C)[C@@H]1CC[C@@H](C)C=C1[O-].CC(C)[C@@H]1CC[C@@H](C)C=C1[O-].C[Si](C)(C)[N-][Si](C)(C)C.C[Si](C)(C)[N-][Si](C)(C)C.[Ca+2].[Ca+2]. The van der Waals surface area contributed by atoms with Gasteiger partial charge in [0.2, 0.25) is 0 Å². The van der Waals surface area contributed by atoms with Crippen LogP contribution in [0.3, 0.4) is 0 Å². The number of hydrogen-bond donors (Lipinski definition) is 0. The quantitative estimate of drug-likeness (QED) is 0.249. The Morgan fingerprint density at radius 1 is 0.500 bits per heavy atom. The molecule has 52 heavy (non-hydrogen) atoms. The molecule has 2 fully saturated rings. The smallest absolute Gasteiger partial charge is 0.875 e. The van der Waals surface area contributed by atoms with Gasteiger partial charge in [0.05, 0.1) is 0 Å². The van der Waals surface area contributed by atoms with Gasteiger partial charge in [-0.05, 0) is 86.9 Å². The second kappa shape index (κ2) is 31.3. The number of nitrogens with zero attached hydrogens (tertiary/aromatic N) is 2. The van der Waals surface area contributed by atoms with Gasteiger partial charge in [-0.1, -0.05) is 165 Å². The van der Waals surface area contributed by atoms with Crippen LogP contribution in [0.5, 0.6) is 0 Å². The summed E-state index contributed by atoms with van der Waals surface area (Å²) in [4.78, 5) is 0. The second-order valence-corrected chi connectivity index (χ2v) is 38.6. The van der Waals surface area contributed by atoms with E-state index in [1.807, 2.05) is 12.2 Å². The first-order valence-electron chi connectivity index (χ1n) is 20.0. The largest absolute Gasteiger partial charge is 2.00 e. The zero-order valence-electron chi connectivity index (χ0n) is 38.0. The first kappa shape index (κ1) is 61.0. The normalized spacial score (nSPS) is 23.1. The Kier molecular flexibility index (Phi) is 36.7. The molecule has 4 rings (SSSR count). The average Bonchev–Trinajstić information content (AvgIpc) is 3.65. The fourth-order valence-corrected chi connectivity index (χ4v) is 22.6. The fraction of sp³-hybridized carbons (Fsp3) is 0.900. The Labute approximate surface area is 390 Å². The van der Waals surface area contributed by atoms with Gasteiger partial charge in [-0.25, -0.2) is 0 Å². The minimum absolute atomic E-state index is 0. The van der Waals surface area contributed by atoms with E-state index in [1.54, 1.807) is 0 Å². The molecule has 0 N–H and O–H groups in total. The van der Waals surface area contributed by atoms with Crippen LogP contribution in [0.2, 0.25) is 78.6 Å². The summed E-state index contributed by atoms with van der Waals surface area (Å²) in [5.41, 5.74) is 0. The van der Waals surface area contributed by atoms with Gasteiger partial charge >= 0.3 is 75.5 Å². The predicted octanol–water partition coefficient (Wildman–Crippen LogP) is 10.8. The van der Waals surface area contributed by atoms with Gasteiger partial charge in [-0.3, -0.25) is 0 Å². The topological polar surface area (TPSA) is 92.8 Å². The second-order valence-electron chi connectivity index (χ2n) is 19.5. The molecule has 0 unspecified atom stereocenters. The molecule has 0 amide bonds. The molecule has 300 valence electrons. The van der Waals surface area contributed by atoms with Crippen LogP contribution in [-0.4, -0.2) is 135 Å². The van der Waals surface area contributed by atoms with Crippen LogP contribution in [0.25, 0.3) is 9.30 Å². The Hall–Kier alpha value is 2.31. The van der Waals surface area contributed by atoms with Crippen molar-refractivity contribution in [3.05, 3.63) is 33.0 Å². The minimum atomic E-state index is -1.11. The summed E-state index contributed by atoms with van der Waals surface area (Å²) in [5.74, 6) is 3.43. The molecule has 2 heterocycles. The summed E-state index contributed by atoms with van der Waals surface area (Å²) < 4.78 is 19.5. The summed E-state index contributed by atoms with van der Waals surface area (Å²) in [6, 6.07) is 0. The summed E-state index contributed by atoms with van der Waals surface area (Å²) in [6.45, 7) is 44.3. The molecule has 12 heteroatoms. The van der Waals surface area contributed by atoms with E-state index in [-0.39, 0.29) is 75.5 Å². The van der Waals surface area contributed by atoms with Crippen LogP contribution in [0.4, 0.5) is 0 Å². The Morgan fingerprint density at radius 2 is 0.731 bits per heavy atom.